The summed E-state index contributed by atoms with van der Waals surface area (Å²) in [4.78, 5) is 17.1. The third-order valence-electron chi connectivity index (χ3n) is 5.47. The Bertz CT molecular complexity index is 1740. The Hall–Kier alpha value is -3.04. The van der Waals surface area contributed by atoms with Crippen LogP contribution in [0.1, 0.15) is 11.1 Å². The largest absolute Gasteiger partial charge is 0.402 e. The number of aromatic nitrogens is 2. The van der Waals surface area contributed by atoms with Crippen molar-refractivity contribution in [1.29, 1.82) is 0 Å². The molecule has 9 heteroatoms. The first-order valence-electron chi connectivity index (χ1n) is 9.63. The van der Waals surface area contributed by atoms with Crippen molar-refractivity contribution in [1.82, 2.24) is 9.55 Å². The van der Waals surface area contributed by atoms with E-state index in [1.54, 1.807) is 16.8 Å². The Morgan fingerprint density at radius 2 is 1.94 bits per heavy atom. The first-order chi connectivity index (χ1) is 15.1. The molecule has 2 aromatic carbocycles. The van der Waals surface area contributed by atoms with E-state index in [0.29, 0.717) is 16.3 Å². The second-order valence-corrected chi connectivity index (χ2v) is 10.6. The molecule has 0 N–H and O–H groups in total. The van der Waals surface area contributed by atoms with Crippen LogP contribution in [0.25, 0.3) is 32.9 Å². The summed E-state index contributed by atoms with van der Waals surface area (Å²) in [6, 6.07) is 11.7. The van der Waals surface area contributed by atoms with Gasteiger partial charge < -0.3 is 8.98 Å². The molecule has 3 aromatic heterocycles. The number of benzene rings is 2. The van der Waals surface area contributed by atoms with Crippen molar-refractivity contribution in [3.05, 3.63) is 80.5 Å². The second-order valence-electron chi connectivity index (χ2n) is 7.72. The molecule has 0 saturated heterocycles. The third-order valence-corrected chi connectivity index (χ3v) is 7.53. The maximum Gasteiger partial charge on any atom is 0.362 e. The molecule has 162 valence electrons. The van der Waals surface area contributed by atoms with Crippen molar-refractivity contribution in [2.45, 2.75) is 18.4 Å². The number of hydrogen-bond donors (Lipinski definition) is 0. The van der Waals surface area contributed by atoms with Gasteiger partial charge in [-0.3, -0.25) is 0 Å². The zero-order valence-corrected chi connectivity index (χ0v) is 19.4. The van der Waals surface area contributed by atoms with E-state index in [4.69, 9.17) is 4.42 Å². The fourth-order valence-electron chi connectivity index (χ4n) is 4.06. The predicted octanol–water partition coefficient (Wildman–Crippen LogP) is 4.96. The molecular weight excluding hydrogens is 499 g/mol. The van der Waals surface area contributed by atoms with Gasteiger partial charge in [0.1, 0.15) is 11.3 Å². The molecule has 0 aliphatic rings. The van der Waals surface area contributed by atoms with E-state index >= 15 is 0 Å². The molecule has 0 aliphatic heterocycles. The molecule has 5 aromatic rings. The van der Waals surface area contributed by atoms with Crippen LogP contribution in [0.3, 0.4) is 0 Å². The maximum absolute atomic E-state index is 14.9. The fraction of sp³-hybridized carbons (Fsp3) is 0.130. The monoisotopic (exact) mass is 514 g/mol. The number of nitrogens with zero attached hydrogens (tertiary/aromatic N) is 2. The molecule has 32 heavy (non-hydrogen) atoms. The summed E-state index contributed by atoms with van der Waals surface area (Å²) < 4.78 is 46.5. The summed E-state index contributed by atoms with van der Waals surface area (Å²) in [5.74, 6) is -0.585. The van der Waals surface area contributed by atoms with Crippen LogP contribution in [-0.2, 0) is 16.4 Å². The van der Waals surface area contributed by atoms with E-state index in [-0.39, 0.29) is 32.7 Å². The van der Waals surface area contributed by atoms with Gasteiger partial charge in [-0.05, 0) is 59.3 Å². The van der Waals surface area contributed by atoms with E-state index in [1.165, 1.54) is 6.07 Å². The van der Waals surface area contributed by atoms with Crippen molar-refractivity contribution in [2.75, 3.05) is 6.26 Å². The van der Waals surface area contributed by atoms with E-state index in [1.807, 2.05) is 31.2 Å². The number of sulfone groups is 1. The van der Waals surface area contributed by atoms with Crippen LogP contribution < -0.4 is 5.63 Å². The van der Waals surface area contributed by atoms with Crippen LogP contribution >= 0.6 is 15.9 Å². The van der Waals surface area contributed by atoms with Crippen molar-refractivity contribution >= 4 is 58.7 Å². The summed E-state index contributed by atoms with van der Waals surface area (Å²) in [6.07, 6.45) is 2.61. The average molecular weight is 515 g/mol. The summed E-state index contributed by atoms with van der Waals surface area (Å²) in [5, 5.41) is 2.15. The van der Waals surface area contributed by atoms with E-state index < -0.39 is 21.3 Å². The van der Waals surface area contributed by atoms with Crippen LogP contribution in [0.4, 0.5) is 4.39 Å². The van der Waals surface area contributed by atoms with E-state index in [0.717, 1.165) is 23.3 Å². The highest BCUT2D eigenvalue weighted by Gasteiger charge is 2.21. The highest BCUT2D eigenvalue weighted by atomic mass is 79.9. The summed E-state index contributed by atoms with van der Waals surface area (Å²) in [7, 11) is -3.59. The van der Waals surface area contributed by atoms with Crippen LogP contribution in [0.2, 0.25) is 0 Å². The Balaban J connectivity index is 1.88. The molecule has 0 bridgehead atoms. The number of halogens is 2. The Labute approximate surface area is 190 Å². The molecule has 6 nitrogen and oxygen atoms in total. The summed E-state index contributed by atoms with van der Waals surface area (Å²) in [6.45, 7) is 1.89. The number of rotatable bonds is 3. The molecule has 0 unspecified atom stereocenters. The van der Waals surface area contributed by atoms with Crippen molar-refractivity contribution < 1.29 is 17.2 Å². The molecular formula is C23H16BrFN2O4S. The molecule has 0 aliphatic carbocycles. The molecule has 0 fully saturated rings. The highest BCUT2D eigenvalue weighted by molar-refractivity contribution is 9.10. The predicted molar refractivity (Wildman–Crippen MR) is 124 cm³/mol. The van der Waals surface area contributed by atoms with Gasteiger partial charge in [0.25, 0.3) is 0 Å². The summed E-state index contributed by atoms with van der Waals surface area (Å²) in [5.41, 5.74) is 1.74. The fourth-order valence-corrected chi connectivity index (χ4v) is 6.03. The minimum atomic E-state index is -3.59. The SMILES string of the molecule is Cc1ccc2c(c1)c1c3cccnc3oc(=O)c1n2Cc1cc(S(C)(=O)=O)c(Br)cc1F. The van der Waals surface area contributed by atoms with Crippen LogP contribution in [0, 0.1) is 12.7 Å². The molecule has 3 heterocycles. The maximum atomic E-state index is 14.9. The van der Waals surface area contributed by atoms with E-state index in [9.17, 15) is 17.6 Å². The van der Waals surface area contributed by atoms with Crippen molar-refractivity contribution in [2.24, 2.45) is 0 Å². The van der Waals surface area contributed by atoms with Gasteiger partial charge in [0.05, 0.1) is 11.4 Å². The Morgan fingerprint density at radius 1 is 1.16 bits per heavy atom. The third kappa shape index (κ3) is 3.23. The van der Waals surface area contributed by atoms with E-state index in [2.05, 4.69) is 20.9 Å². The zero-order valence-electron chi connectivity index (χ0n) is 17.0. The molecule has 0 radical (unpaired) electrons. The number of aryl methyl sites for hydroxylation is 1. The Morgan fingerprint density at radius 3 is 2.69 bits per heavy atom. The molecule has 0 spiro atoms. The van der Waals surface area contributed by atoms with Gasteiger partial charge in [0, 0.05) is 44.2 Å². The van der Waals surface area contributed by atoms with Gasteiger partial charge in [-0.2, -0.15) is 0 Å². The average Bonchev–Trinajstić information content (AvgIpc) is 3.03. The Kier molecular flexibility index (Phi) is 4.72. The van der Waals surface area contributed by atoms with Crippen LogP contribution in [0.5, 0.6) is 0 Å². The zero-order chi connectivity index (χ0) is 22.8. The molecule has 0 saturated carbocycles. The normalized spacial score (nSPS) is 12.2. The smallest absolute Gasteiger partial charge is 0.362 e. The molecule has 0 atom stereocenters. The topological polar surface area (TPSA) is 82.2 Å². The van der Waals surface area contributed by atoms with Crippen molar-refractivity contribution in [3.8, 4) is 0 Å². The lowest BCUT2D eigenvalue weighted by atomic mass is 10.1. The lowest BCUT2D eigenvalue weighted by Gasteiger charge is -2.11. The van der Waals surface area contributed by atoms with Gasteiger partial charge in [-0.1, -0.05) is 11.6 Å². The summed E-state index contributed by atoms with van der Waals surface area (Å²) >= 11 is 3.12. The van der Waals surface area contributed by atoms with Crippen LogP contribution in [0.15, 0.2) is 67.2 Å². The lowest BCUT2D eigenvalue weighted by Crippen LogP contribution is -2.10. The van der Waals surface area contributed by atoms with Crippen molar-refractivity contribution in [3.63, 3.8) is 0 Å². The quantitative estimate of drug-likeness (QED) is 0.318. The molecule has 5 rings (SSSR count). The van der Waals surface area contributed by atoms with Gasteiger partial charge >= 0.3 is 5.63 Å². The molecule has 0 amide bonds. The highest BCUT2D eigenvalue weighted by Crippen LogP contribution is 2.34. The minimum Gasteiger partial charge on any atom is -0.402 e. The minimum absolute atomic E-state index is 0.0211. The number of fused-ring (bicyclic) bond motifs is 5. The van der Waals surface area contributed by atoms with Gasteiger partial charge in [0.2, 0.25) is 5.71 Å². The lowest BCUT2D eigenvalue weighted by molar-refractivity contribution is 0.552. The van der Waals surface area contributed by atoms with Gasteiger partial charge in [-0.25, -0.2) is 22.6 Å². The standard InChI is InChI=1S/C23H16BrFN2O4S/c1-12-5-6-18-15(8-12)20-14-4-3-7-26-22(14)31-23(28)21(20)27(18)11-13-9-19(32(2,29)30)16(24)10-17(13)25/h3-10H,11H2,1-2H3. The van der Waals surface area contributed by atoms with Gasteiger partial charge in [0.15, 0.2) is 9.84 Å². The number of hydrogen-bond acceptors (Lipinski definition) is 5. The second kappa shape index (κ2) is 7.25. The van der Waals surface area contributed by atoms with Gasteiger partial charge in [-0.15, -0.1) is 0 Å². The first kappa shape index (κ1) is 20.8. The first-order valence-corrected chi connectivity index (χ1v) is 12.3. The number of pyridine rings is 1. The van der Waals surface area contributed by atoms with Crippen LogP contribution in [-0.4, -0.2) is 24.2 Å².